The number of benzene rings is 1. The molecule has 0 aliphatic heterocycles. The third-order valence-electron chi connectivity index (χ3n) is 2.43. The maximum absolute atomic E-state index is 11.6. The molecule has 1 aromatic carbocycles. The molecule has 0 saturated carbocycles. The highest BCUT2D eigenvalue weighted by Gasteiger charge is 2.10. The largest absolute Gasteiger partial charge is 0.483 e. The molecule has 0 aliphatic rings. The quantitative estimate of drug-likeness (QED) is 0.454. The van der Waals surface area contributed by atoms with Crippen molar-refractivity contribution in [2.24, 2.45) is 5.10 Å². The summed E-state index contributed by atoms with van der Waals surface area (Å²) in [6.07, 6.45) is 1.14. The summed E-state index contributed by atoms with van der Waals surface area (Å²) in [5, 5.41) is 14.6. The van der Waals surface area contributed by atoms with Gasteiger partial charge in [0.05, 0.1) is 16.8 Å². The molecule has 0 bridgehead atoms. The van der Waals surface area contributed by atoms with E-state index >= 15 is 0 Å². The lowest BCUT2D eigenvalue weighted by molar-refractivity contribution is -0.402. The van der Waals surface area contributed by atoms with Gasteiger partial charge in [-0.05, 0) is 40.2 Å². The number of amides is 1. The normalized spacial score (nSPS) is 10.7. The van der Waals surface area contributed by atoms with Crippen molar-refractivity contribution in [1.82, 2.24) is 5.43 Å². The van der Waals surface area contributed by atoms with Gasteiger partial charge in [0.1, 0.15) is 10.7 Å². The number of rotatable bonds is 6. The third kappa shape index (κ3) is 5.08. The van der Waals surface area contributed by atoms with Crippen LogP contribution in [0.15, 0.2) is 44.3 Å². The second-order valence-corrected chi connectivity index (χ2v) is 5.38. The summed E-state index contributed by atoms with van der Waals surface area (Å²) in [6.45, 7) is -0.268. The fraction of sp³-hybridized carbons (Fsp3) is 0.0769. The Balaban J connectivity index is 1.82. The van der Waals surface area contributed by atoms with Crippen LogP contribution in [0.25, 0.3) is 0 Å². The zero-order valence-corrected chi connectivity index (χ0v) is 13.7. The van der Waals surface area contributed by atoms with E-state index in [1.807, 2.05) is 0 Å². The molecule has 0 radical (unpaired) electrons. The van der Waals surface area contributed by atoms with Crippen molar-refractivity contribution < 1.29 is 18.9 Å². The Hall–Kier alpha value is -2.39. The van der Waals surface area contributed by atoms with Crippen molar-refractivity contribution in [2.45, 2.75) is 0 Å². The molecule has 0 atom stereocenters. The maximum Gasteiger partial charge on any atom is 0.433 e. The Morgan fingerprint density at radius 3 is 2.91 bits per heavy atom. The van der Waals surface area contributed by atoms with E-state index in [-0.39, 0.29) is 12.4 Å². The molecule has 120 valence electrons. The van der Waals surface area contributed by atoms with E-state index in [4.69, 9.17) is 20.8 Å². The van der Waals surface area contributed by atoms with E-state index < -0.39 is 16.7 Å². The number of carbonyl (C=O) groups excluding carboxylic acids is 1. The lowest BCUT2D eigenvalue weighted by Gasteiger charge is -2.07. The van der Waals surface area contributed by atoms with Crippen molar-refractivity contribution in [2.75, 3.05) is 6.61 Å². The minimum Gasteiger partial charge on any atom is -0.483 e. The van der Waals surface area contributed by atoms with Gasteiger partial charge in [-0.2, -0.15) is 5.10 Å². The number of carbonyl (C=O) groups is 1. The van der Waals surface area contributed by atoms with Gasteiger partial charge in [-0.15, -0.1) is 0 Å². The summed E-state index contributed by atoms with van der Waals surface area (Å²) in [7, 11) is 0. The average molecular weight is 403 g/mol. The van der Waals surface area contributed by atoms with E-state index in [0.29, 0.717) is 15.2 Å². The fourth-order valence-electron chi connectivity index (χ4n) is 1.45. The number of hydrogen-bond acceptors (Lipinski definition) is 6. The second-order valence-electron chi connectivity index (χ2n) is 4.09. The smallest absolute Gasteiger partial charge is 0.433 e. The molecule has 2 aromatic rings. The molecule has 2 rings (SSSR count). The Labute approximate surface area is 143 Å². The molecule has 0 spiro atoms. The summed E-state index contributed by atoms with van der Waals surface area (Å²) >= 11 is 9.05. The zero-order chi connectivity index (χ0) is 16.8. The van der Waals surface area contributed by atoms with Crippen LogP contribution in [-0.2, 0) is 4.79 Å². The highest BCUT2D eigenvalue weighted by Crippen LogP contribution is 2.27. The minimum absolute atomic E-state index is 0.137. The Kier molecular flexibility index (Phi) is 5.72. The first-order valence-corrected chi connectivity index (χ1v) is 7.27. The van der Waals surface area contributed by atoms with Gasteiger partial charge < -0.3 is 9.15 Å². The molecule has 1 N–H and O–H groups in total. The number of halogens is 2. The Bertz CT molecular complexity index is 762. The molecule has 23 heavy (non-hydrogen) atoms. The van der Waals surface area contributed by atoms with E-state index in [1.54, 1.807) is 18.2 Å². The van der Waals surface area contributed by atoms with Crippen LogP contribution in [0.1, 0.15) is 5.76 Å². The highest BCUT2D eigenvalue weighted by molar-refractivity contribution is 9.10. The van der Waals surface area contributed by atoms with Crippen LogP contribution >= 0.6 is 27.5 Å². The summed E-state index contributed by atoms with van der Waals surface area (Å²) in [5.41, 5.74) is 2.21. The van der Waals surface area contributed by atoms with E-state index in [2.05, 4.69) is 26.5 Å². The maximum atomic E-state index is 11.6. The highest BCUT2D eigenvalue weighted by atomic mass is 79.9. The topological polar surface area (TPSA) is 107 Å². The molecule has 10 heteroatoms. The summed E-state index contributed by atoms with van der Waals surface area (Å²) in [5.74, 6) is -0.327. The van der Waals surface area contributed by atoms with Crippen LogP contribution in [0, 0.1) is 10.1 Å². The average Bonchev–Trinajstić information content (AvgIpc) is 2.95. The molecule has 0 saturated heterocycles. The number of hydrogen-bond donors (Lipinski definition) is 1. The monoisotopic (exact) mass is 401 g/mol. The van der Waals surface area contributed by atoms with Crippen molar-refractivity contribution in [3.05, 3.63) is 55.7 Å². The van der Waals surface area contributed by atoms with Gasteiger partial charge in [0.2, 0.25) is 0 Å². The predicted molar refractivity (Wildman–Crippen MR) is 85.7 cm³/mol. The Morgan fingerprint density at radius 1 is 1.48 bits per heavy atom. The number of nitro groups is 1. The van der Waals surface area contributed by atoms with Crippen molar-refractivity contribution in [3.8, 4) is 5.75 Å². The molecule has 0 unspecified atom stereocenters. The van der Waals surface area contributed by atoms with Crippen molar-refractivity contribution in [3.63, 3.8) is 0 Å². The van der Waals surface area contributed by atoms with Crippen LogP contribution < -0.4 is 10.2 Å². The standard InChI is InChI=1S/C13H9BrClN3O5/c14-10-5-8(15)1-3-11(10)22-7-12(19)17-16-6-9-2-4-13(23-9)18(20)21/h1-6H,7H2,(H,17,19). The SMILES string of the molecule is O=C(COc1ccc(Cl)cc1Br)NN=Cc1ccc([N+](=O)[O-])o1. The molecule has 8 nitrogen and oxygen atoms in total. The van der Waals surface area contributed by atoms with Gasteiger partial charge in [0.15, 0.2) is 12.4 Å². The van der Waals surface area contributed by atoms with Crippen molar-refractivity contribution in [1.29, 1.82) is 0 Å². The number of ether oxygens (including phenoxy) is 1. The molecule has 1 amide bonds. The van der Waals surface area contributed by atoms with Crippen molar-refractivity contribution >= 4 is 45.5 Å². The first-order valence-electron chi connectivity index (χ1n) is 6.09. The van der Waals surface area contributed by atoms with E-state index in [9.17, 15) is 14.9 Å². The van der Waals surface area contributed by atoms with Crippen LogP contribution in [-0.4, -0.2) is 23.7 Å². The van der Waals surface area contributed by atoms with Gasteiger partial charge in [-0.1, -0.05) is 11.6 Å². The third-order valence-corrected chi connectivity index (χ3v) is 3.28. The fourth-order valence-corrected chi connectivity index (χ4v) is 2.24. The molecular weight excluding hydrogens is 394 g/mol. The molecule has 1 aromatic heterocycles. The number of furan rings is 1. The van der Waals surface area contributed by atoms with Crippen LogP contribution in [0.4, 0.5) is 5.88 Å². The lowest BCUT2D eigenvalue weighted by Crippen LogP contribution is -2.24. The van der Waals surface area contributed by atoms with E-state index in [0.717, 1.165) is 6.21 Å². The number of nitrogens with one attached hydrogen (secondary N) is 1. The van der Waals surface area contributed by atoms with E-state index in [1.165, 1.54) is 12.1 Å². The van der Waals surface area contributed by atoms with Gasteiger partial charge in [0.25, 0.3) is 5.91 Å². The number of hydrazone groups is 1. The second kappa shape index (κ2) is 7.75. The lowest BCUT2D eigenvalue weighted by atomic mass is 10.3. The zero-order valence-electron chi connectivity index (χ0n) is 11.4. The molecule has 0 aliphatic carbocycles. The molecular formula is C13H9BrClN3O5. The predicted octanol–water partition coefficient (Wildman–Crippen LogP) is 3.13. The van der Waals surface area contributed by atoms with Crippen LogP contribution in [0.3, 0.4) is 0 Å². The minimum atomic E-state index is -0.673. The van der Waals surface area contributed by atoms with Gasteiger partial charge >= 0.3 is 5.88 Å². The van der Waals surface area contributed by atoms with Gasteiger partial charge in [-0.3, -0.25) is 14.9 Å². The summed E-state index contributed by atoms with van der Waals surface area (Å²) < 4.78 is 10.7. The van der Waals surface area contributed by atoms with Crippen LogP contribution in [0.5, 0.6) is 5.75 Å². The van der Waals surface area contributed by atoms with Crippen LogP contribution in [0.2, 0.25) is 5.02 Å². The summed E-state index contributed by atoms with van der Waals surface area (Å²) in [4.78, 5) is 21.3. The van der Waals surface area contributed by atoms with Gasteiger partial charge in [-0.25, -0.2) is 5.43 Å². The first kappa shape index (κ1) is 17.0. The molecule has 1 heterocycles. The first-order chi connectivity index (χ1) is 11.0. The summed E-state index contributed by atoms with van der Waals surface area (Å²) in [6, 6.07) is 7.42. The molecule has 0 fully saturated rings. The number of nitrogens with zero attached hydrogens (tertiary/aromatic N) is 2. The van der Waals surface area contributed by atoms with Gasteiger partial charge in [0, 0.05) is 5.02 Å². The Morgan fingerprint density at radius 2 is 2.26 bits per heavy atom.